The van der Waals surface area contributed by atoms with Gasteiger partial charge in [0.15, 0.2) is 0 Å². The summed E-state index contributed by atoms with van der Waals surface area (Å²) in [5, 5.41) is 9.34. The number of aliphatic carboxylic acids is 1. The molecule has 1 aromatic carbocycles. The van der Waals surface area contributed by atoms with E-state index in [1.54, 1.807) is 23.1 Å². The Kier molecular flexibility index (Phi) is 5.59. The van der Waals surface area contributed by atoms with Gasteiger partial charge >= 0.3 is 5.97 Å². The summed E-state index contributed by atoms with van der Waals surface area (Å²) in [6.07, 6.45) is -0.0891. The minimum atomic E-state index is -0.928. The summed E-state index contributed by atoms with van der Waals surface area (Å²) in [7, 11) is 0. The Hall–Kier alpha value is -1.07. The molecule has 0 unspecified atom stereocenters. The fourth-order valence-electron chi connectivity index (χ4n) is 1.76. The highest BCUT2D eigenvalue weighted by Gasteiger charge is 2.28. The summed E-state index contributed by atoms with van der Waals surface area (Å²) in [6.45, 7) is 5.77. The molecular weight excluding hydrogens is 346 g/mol. The molecule has 0 saturated heterocycles. The molecule has 0 atom stereocenters. The van der Waals surface area contributed by atoms with Crippen LogP contribution >= 0.6 is 27.5 Å². The van der Waals surface area contributed by atoms with Crippen molar-refractivity contribution in [2.24, 2.45) is 0 Å². The van der Waals surface area contributed by atoms with Gasteiger partial charge < -0.3 is 10.0 Å². The van der Waals surface area contributed by atoms with E-state index in [-0.39, 0.29) is 18.9 Å². The van der Waals surface area contributed by atoms with Crippen LogP contribution in [0, 0.1) is 0 Å². The number of benzene rings is 1. The Morgan fingerprint density at radius 1 is 1.35 bits per heavy atom. The van der Waals surface area contributed by atoms with Crippen LogP contribution in [0.5, 0.6) is 0 Å². The third-order valence-electron chi connectivity index (χ3n) is 2.77. The van der Waals surface area contributed by atoms with Gasteiger partial charge in [0.1, 0.15) is 0 Å². The Bertz CT molecular complexity index is 526. The zero-order valence-corrected chi connectivity index (χ0v) is 14.0. The van der Waals surface area contributed by atoms with Crippen LogP contribution in [0.1, 0.15) is 37.6 Å². The quantitative estimate of drug-likeness (QED) is 0.886. The van der Waals surface area contributed by atoms with Gasteiger partial charge in [-0.05, 0) is 54.9 Å². The second-order valence-corrected chi connectivity index (χ2v) is 6.69. The van der Waals surface area contributed by atoms with E-state index in [9.17, 15) is 9.59 Å². The number of carbonyl (C=O) groups excluding carboxylic acids is 1. The normalized spacial score (nSPS) is 11.2. The lowest BCUT2D eigenvalue weighted by Gasteiger charge is -2.35. The van der Waals surface area contributed by atoms with E-state index >= 15 is 0 Å². The van der Waals surface area contributed by atoms with Crippen LogP contribution < -0.4 is 0 Å². The second kappa shape index (κ2) is 6.59. The first-order valence-electron chi connectivity index (χ1n) is 6.11. The van der Waals surface area contributed by atoms with Crippen LogP contribution in [0.3, 0.4) is 0 Å². The van der Waals surface area contributed by atoms with Gasteiger partial charge in [0.2, 0.25) is 0 Å². The maximum Gasteiger partial charge on any atom is 0.305 e. The fraction of sp³-hybridized carbons (Fsp3) is 0.429. The van der Waals surface area contributed by atoms with Crippen LogP contribution in [0.2, 0.25) is 5.02 Å². The number of carboxylic acid groups (broad SMARTS) is 1. The van der Waals surface area contributed by atoms with Crippen molar-refractivity contribution in [2.45, 2.75) is 32.7 Å². The summed E-state index contributed by atoms with van der Waals surface area (Å²) in [4.78, 5) is 24.9. The van der Waals surface area contributed by atoms with Crippen LogP contribution in [0.15, 0.2) is 22.7 Å². The van der Waals surface area contributed by atoms with Crippen molar-refractivity contribution in [2.75, 3.05) is 6.54 Å². The van der Waals surface area contributed by atoms with Crippen LogP contribution in [0.4, 0.5) is 0 Å². The topological polar surface area (TPSA) is 57.6 Å². The molecular formula is C14H17BrClNO3. The average molecular weight is 363 g/mol. The molecule has 6 heteroatoms. The number of hydrogen-bond acceptors (Lipinski definition) is 2. The van der Waals surface area contributed by atoms with E-state index in [4.69, 9.17) is 16.7 Å². The number of carboxylic acids is 1. The van der Waals surface area contributed by atoms with Gasteiger partial charge in [-0.2, -0.15) is 0 Å². The van der Waals surface area contributed by atoms with Crippen LogP contribution in [0.25, 0.3) is 0 Å². The lowest BCUT2D eigenvalue weighted by Crippen LogP contribution is -2.46. The van der Waals surface area contributed by atoms with E-state index in [1.165, 1.54) is 0 Å². The minimum Gasteiger partial charge on any atom is -0.481 e. The van der Waals surface area contributed by atoms with E-state index in [2.05, 4.69) is 15.9 Å². The van der Waals surface area contributed by atoms with Crippen molar-refractivity contribution in [1.82, 2.24) is 4.90 Å². The van der Waals surface area contributed by atoms with Gasteiger partial charge in [0.05, 0.1) is 12.0 Å². The lowest BCUT2D eigenvalue weighted by molar-refractivity contribution is -0.137. The SMILES string of the molecule is CC(C)(C)N(CCC(=O)O)C(=O)c1ccc(Cl)cc1Br. The number of halogens is 2. The number of carbonyl (C=O) groups is 2. The third kappa shape index (κ3) is 4.49. The van der Waals surface area contributed by atoms with Gasteiger partial charge in [-0.1, -0.05) is 11.6 Å². The van der Waals surface area contributed by atoms with Crippen molar-refractivity contribution in [3.63, 3.8) is 0 Å². The van der Waals surface area contributed by atoms with Crippen molar-refractivity contribution >= 4 is 39.4 Å². The van der Waals surface area contributed by atoms with E-state index in [0.29, 0.717) is 15.1 Å². The highest BCUT2D eigenvalue weighted by atomic mass is 79.9. The zero-order valence-electron chi connectivity index (χ0n) is 11.6. The first kappa shape index (κ1) is 17.0. The largest absolute Gasteiger partial charge is 0.481 e. The monoisotopic (exact) mass is 361 g/mol. The van der Waals surface area contributed by atoms with Crippen molar-refractivity contribution in [1.29, 1.82) is 0 Å². The second-order valence-electron chi connectivity index (χ2n) is 5.40. The van der Waals surface area contributed by atoms with E-state index in [1.807, 2.05) is 20.8 Å². The molecule has 0 heterocycles. The predicted molar refractivity (Wildman–Crippen MR) is 82.2 cm³/mol. The molecule has 0 bridgehead atoms. The number of hydrogen-bond donors (Lipinski definition) is 1. The molecule has 0 aliphatic heterocycles. The Morgan fingerprint density at radius 2 is 1.95 bits per heavy atom. The molecule has 0 saturated carbocycles. The number of rotatable bonds is 4. The molecule has 1 N–H and O–H groups in total. The van der Waals surface area contributed by atoms with Gasteiger partial charge in [0, 0.05) is 21.6 Å². The van der Waals surface area contributed by atoms with Crippen LogP contribution in [-0.2, 0) is 4.79 Å². The summed E-state index contributed by atoms with van der Waals surface area (Å²) >= 11 is 9.18. The van der Waals surface area contributed by atoms with Crippen molar-refractivity contribution in [3.05, 3.63) is 33.3 Å². The molecule has 0 aliphatic rings. The zero-order chi connectivity index (χ0) is 15.5. The van der Waals surface area contributed by atoms with E-state index < -0.39 is 11.5 Å². The number of amides is 1. The smallest absolute Gasteiger partial charge is 0.305 e. The molecule has 20 heavy (non-hydrogen) atoms. The highest BCUT2D eigenvalue weighted by molar-refractivity contribution is 9.10. The standard InChI is InChI=1S/C14H17BrClNO3/c1-14(2,3)17(7-6-12(18)19)13(20)10-5-4-9(16)8-11(10)15/h4-5,8H,6-7H2,1-3H3,(H,18,19). The Balaban J connectivity index is 3.07. The first-order valence-corrected chi connectivity index (χ1v) is 7.29. The minimum absolute atomic E-state index is 0.0891. The molecule has 1 rings (SSSR count). The van der Waals surface area contributed by atoms with Gasteiger partial charge in [-0.3, -0.25) is 9.59 Å². The molecule has 0 radical (unpaired) electrons. The third-order valence-corrected chi connectivity index (χ3v) is 3.66. The molecule has 110 valence electrons. The molecule has 0 aromatic heterocycles. The van der Waals surface area contributed by atoms with Crippen LogP contribution in [-0.4, -0.2) is 34.0 Å². The van der Waals surface area contributed by atoms with Gasteiger partial charge in [-0.15, -0.1) is 0 Å². The molecule has 4 nitrogen and oxygen atoms in total. The lowest BCUT2D eigenvalue weighted by atomic mass is 10.0. The maximum atomic E-state index is 12.6. The molecule has 0 fully saturated rings. The summed E-state index contributed by atoms with van der Waals surface area (Å²) < 4.78 is 0.597. The van der Waals surface area contributed by atoms with Gasteiger partial charge in [0.25, 0.3) is 5.91 Å². The maximum absolute atomic E-state index is 12.6. The molecule has 1 aromatic rings. The summed E-state index contributed by atoms with van der Waals surface area (Å²) in [5.41, 5.74) is 0.000670. The molecule has 0 spiro atoms. The molecule has 1 amide bonds. The van der Waals surface area contributed by atoms with Crippen molar-refractivity contribution < 1.29 is 14.7 Å². The fourth-order valence-corrected chi connectivity index (χ4v) is 2.61. The Morgan fingerprint density at radius 3 is 2.40 bits per heavy atom. The Labute approximate surface area is 131 Å². The summed E-state index contributed by atoms with van der Waals surface area (Å²) in [5.74, 6) is -1.15. The first-order chi connectivity index (χ1) is 9.12. The average Bonchev–Trinajstić information content (AvgIpc) is 2.26. The predicted octanol–water partition coefficient (Wildman–Crippen LogP) is 3.82. The van der Waals surface area contributed by atoms with Crippen molar-refractivity contribution in [3.8, 4) is 0 Å². The van der Waals surface area contributed by atoms with Gasteiger partial charge in [-0.25, -0.2) is 0 Å². The van der Waals surface area contributed by atoms with E-state index in [0.717, 1.165) is 0 Å². The number of nitrogens with zero attached hydrogens (tertiary/aromatic N) is 1. The molecule has 0 aliphatic carbocycles. The highest BCUT2D eigenvalue weighted by Crippen LogP contribution is 2.25. The summed E-state index contributed by atoms with van der Waals surface area (Å²) in [6, 6.07) is 4.92.